The number of alkyl halides is 2. The van der Waals surface area contributed by atoms with E-state index in [0.717, 1.165) is 12.8 Å². The minimum absolute atomic E-state index is 0.0104. The number of ketones is 2. The van der Waals surface area contributed by atoms with E-state index >= 15 is 0 Å². The Kier molecular flexibility index (Phi) is 6.05. The zero-order valence-corrected chi connectivity index (χ0v) is 10.9. The topological polar surface area (TPSA) is 60.4 Å². The molecule has 1 aliphatic carbocycles. The van der Waals surface area contributed by atoms with Gasteiger partial charge in [-0.25, -0.2) is 8.78 Å². The monoisotopic (exact) mass is 276 g/mol. The molecule has 6 heteroatoms. The third-order valence-corrected chi connectivity index (χ3v) is 3.35. The fraction of sp³-hybridized carbons (Fsp3) is 0.769. The van der Waals surface area contributed by atoms with Gasteiger partial charge in [0.15, 0.2) is 0 Å². The van der Waals surface area contributed by atoms with E-state index in [-0.39, 0.29) is 18.3 Å². The fourth-order valence-corrected chi connectivity index (χ4v) is 2.31. The summed E-state index contributed by atoms with van der Waals surface area (Å²) in [6.45, 7) is 1.50. The van der Waals surface area contributed by atoms with Crippen LogP contribution in [0.5, 0.6) is 0 Å². The molecule has 0 N–H and O–H groups in total. The Morgan fingerprint density at radius 3 is 2.26 bits per heavy atom. The SMILES string of the molecule is CCOC(=O)C(CC(=O)C1CCCC1)C(=O)C(F)F. The average molecular weight is 276 g/mol. The van der Waals surface area contributed by atoms with Crippen LogP contribution < -0.4 is 0 Å². The maximum atomic E-state index is 12.4. The zero-order chi connectivity index (χ0) is 14.4. The lowest BCUT2D eigenvalue weighted by Gasteiger charge is -2.15. The number of ether oxygens (including phenoxy) is 1. The van der Waals surface area contributed by atoms with E-state index in [1.807, 2.05) is 0 Å². The Bertz CT molecular complexity index is 349. The Labute approximate surface area is 110 Å². The molecule has 0 aromatic carbocycles. The first-order chi connectivity index (χ1) is 8.97. The van der Waals surface area contributed by atoms with Gasteiger partial charge < -0.3 is 4.74 Å². The standard InChI is InChI=1S/C13H18F2O4/c1-2-19-13(18)9(11(17)12(14)15)7-10(16)8-5-3-4-6-8/h8-9,12H,2-7H2,1H3. The summed E-state index contributed by atoms with van der Waals surface area (Å²) in [6, 6.07) is 0. The summed E-state index contributed by atoms with van der Waals surface area (Å²) in [5.74, 6) is -4.70. The molecule has 19 heavy (non-hydrogen) atoms. The Hall–Kier alpha value is -1.33. The van der Waals surface area contributed by atoms with Crippen LogP contribution >= 0.6 is 0 Å². The second-order valence-electron chi connectivity index (χ2n) is 4.66. The van der Waals surface area contributed by atoms with E-state index in [0.29, 0.717) is 12.8 Å². The van der Waals surface area contributed by atoms with Gasteiger partial charge in [0.25, 0.3) is 6.43 Å². The Morgan fingerprint density at radius 1 is 1.21 bits per heavy atom. The highest BCUT2D eigenvalue weighted by atomic mass is 19.3. The summed E-state index contributed by atoms with van der Waals surface area (Å²) in [6.07, 6.45) is -0.473. The van der Waals surface area contributed by atoms with Crippen molar-refractivity contribution in [3.05, 3.63) is 0 Å². The molecular weight excluding hydrogens is 258 g/mol. The summed E-state index contributed by atoms with van der Waals surface area (Å²) >= 11 is 0. The first-order valence-corrected chi connectivity index (χ1v) is 6.48. The maximum Gasteiger partial charge on any atom is 0.317 e. The van der Waals surface area contributed by atoms with Crippen LogP contribution in [0, 0.1) is 11.8 Å². The molecule has 1 rings (SSSR count). The van der Waals surface area contributed by atoms with Crippen LogP contribution in [0.4, 0.5) is 8.78 Å². The Morgan fingerprint density at radius 2 is 1.79 bits per heavy atom. The number of esters is 1. The molecule has 1 aliphatic rings. The van der Waals surface area contributed by atoms with Crippen LogP contribution in [0.3, 0.4) is 0 Å². The molecule has 1 atom stereocenters. The van der Waals surface area contributed by atoms with E-state index in [2.05, 4.69) is 4.74 Å². The number of carbonyl (C=O) groups is 3. The molecule has 1 saturated carbocycles. The molecule has 0 radical (unpaired) electrons. The first kappa shape index (κ1) is 15.7. The summed E-state index contributed by atoms with van der Waals surface area (Å²) in [7, 11) is 0. The van der Waals surface area contributed by atoms with Crippen molar-refractivity contribution in [2.75, 3.05) is 6.61 Å². The van der Waals surface area contributed by atoms with Crippen molar-refractivity contribution in [2.45, 2.75) is 45.5 Å². The van der Waals surface area contributed by atoms with E-state index in [4.69, 9.17) is 0 Å². The number of Topliss-reactive ketones (excluding diaryl/α,β-unsaturated/α-hetero) is 2. The minimum atomic E-state index is -3.26. The summed E-state index contributed by atoms with van der Waals surface area (Å²) in [5.41, 5.74) is 0. The third-order valence-electron chi connectivity index (χ3n) is 3.35. The molecule has 1 unspecified atom stereocenters. The number of halogens is 2. The molecule has 4 nitrogen and oxygen atoms in total. The van der Waals surface area contributed by atoms with E-state index in [9.17, 15) is 23.2 Å². The Balaban J connectivity index is 2.70. The van der Waals surface area contributed by atoms with Crippen molar-refractivity contribution in [1.82, 2.24) is 0 Å². The fourth-order valence-electron chi connectivity index (χ4n) is 2.31. The van der Waals surface area contributed by atoms with Gasteiger partial charge >= 0.3 is 5.97 Å². The van der Waals surface area contributed by atoms with Crippen molar-refractivity contribution < 1.29 is 27.9 Å². The quantitative estimate of drug-likeness (QED) is 0.528. The number of carbonyl (C=O) groups excluding carboxylic acids is 3. The zero-order valence-electron chi connectivity index (χ0n) is 10.9. The summed E-state index contributed by atoms with van der Waals surface area (Å²) in [4.78, 5) is 34.7. The van der Waals surface area contributed by atoms with Crippen LogP contribution in [0.25, 0.3) is 0 Å². The normalized spacial score (nSPS) is 17.5. The number of rotatable bonds is 7. The lowest BCUT2D eigenvalue weighted by atomic mass is 9.91. The molecule has 0 saturated heterocycles. The van der Waals surface area contributed by atoms with Gasteiger partial charge in [-0.1, -0.05) is 12.8 Å². The van der Waals surface area contributed by atoms with Crippen molar-refractivity contribution in [1.29, 1.82) is 0 Å². The molecule has 108 valence electrons. The lowest BCUT2D eigenvalue weighted by molar-refractivity contribution is -0.156. The summed E-state index contributed by atoms with van der Waals surface area (Å²) in [5, 5.41) is 0. The minimum Gasteiger partial charge on any atom is -0.465 e. The van der Waals surface area contributed by atoms with Crippen LogP contribution in [-0.2, 0) is 19.1 Å². The predicted octanol–water partition coefficient (Wildman–Crippen LogP) is 2.15. The van der Waals surface area contributed by atoms with Gasteiger partial charge in [0, 0.05) is 12.3 Å². The van der Waals surface area contributed by atoms with Crippen LogP contribution in [-0.4, -0.2) is 30.6 Å². The van der Waals surface area contributed by atoms with Gasteiger partial charge in [0.05, 0.1) is 6.61 Å². The average Bonchev–Trinajstić information content (AvgIpc) is 2.88. The molecule has 0 aromatic heterocycles. The molecule has 0 amide bonds. The highest BCUT2D eigenvalue weighted by Gasteiger charge is 2.37. The second-order valence-corrected chi connectivity index (χ2v) is 4.66. The molecule has 0 aliphatic heterocycles. The van der Waals surface area contributed by atoms with Crippen molar-refractivity contribution in [3.8, 4) is 0 Å². The maximum absolute atomic E-state index is 12.4. The van der Waals surface area contributed by atoms with E-state index in [1.165, 1.54) is 6.92 Å². The number of hydrogen-bond acceptors (Lipinski definition) is 4. The molecule has 0 spiro atoms. The van der Waals surface area contributed by atoms with E-state index in [1.54, 1.807) is 0 Å². The van der Waals surface area contributed by atoms with Gasteiger partial charge in [-0.3, -0.25) is 14.4 Å². The molecule has 0 aromatic rings. The molecular formula is C13H18F2O4. The first-order valence-electron chi connectivity index (χ1n) is 6.48. The van der Waals surface area contributed by atoms with Gasteiger partial charge in [0.1, 0.15) is 11.7 Å². The molecule has 0 heterocycles. The molecule has 0 bridgehead atoms. The molecule has 1 fully saturated rings. The van der Waals surface area contributed by atoms with Gasteiger partial charge in [-0.2, -0.15) is 0 Å². The van der Waals surface area contributed by atoms with Crippen molar-refractivity contribution >= 4 is 17.5 Å². The highest BCUT2D eigenvalue weighted by Crippen LogP contribution is 2.28. The highest BCUT2D eigenvalue weighted by molar-refractivity contribution is 6.04. The van der Waals surface area contributed by atoms with Gasteiger partial charge in [0.2, 0.25) is 5.78 Å². The smallest absolute Gasteiger partial charge is 0.317 e. The van der Waals surface area contributed by atoms with Crippen LogP contribution in [0.2, 0.25) is 0 Å². The van der Waals surface area contributed by atoms with Crippen molar-refractivity contribution in [3.63, 3.8) is 0 Å². The number of hydrogen-bond donors (Lipinski definition) is 0. The van der Waals surface area contributed by atoms with Gasteiger partial charge in [-0.15, -0.1) is 0 Å². The largest absolute Gasteiger partial charge is 0.465 e. The lowest BCUT2D eigenvalue weighted by Crippen LogP contribution is -2.33. The van der Waals surface area contributed by atoms with Gasteiger partial charge in [-0.05, 0) is 19.8 Å². The predicted molar refractivity (Wildman–Crippen MR) is 62.7 cm³/mol. The van der Waals surface area contributed by atoms with E-state index < -0.39 is 30.5 Å². The summed E-state index contributed by atoms with van der Waals surface area (Å²) < 4.78 is 29.5. The second kappa shape index (κ2) is 7.31. The third kappa shape index (κ3) is 4.36. The van der Waals surface area contributed by atoms with Crippen molar-refractivity contribution in [2.24, 2.45) is 11.8 Å². The van der Waals surface area contributed by atoms with Crippen LogP contribution in [0.15, 0.2) is 0 Å². The van der Waals surface area contributed by atoms with Crippen LogP contribution in [0.1, 0.15) is 39.0 Å².